The zero-order chi connectivity index (χ0) is 12.1. The van der Waals surface area contributed by atoms with Crippen LogP contribution in [-0.2, 0) is 0 Å². The molecule has 0 spiro atoms. The zero-order valence-corrected chi connectivity index (χ0v) is 9.05. The average Bonchev–Trinajstić information content (AvgIpc) is 2.40. The normalized spacial score (nSPS) is 11.5. The van der Waals surface area contributed by atoms with E-state index in [1.54, 1.807) is 30.6 Å². The quantitative estimate of drug-likeness (QED) is 0.880. The van der Waals surface area contributed by atoms with Crippen molar-refractivity contribution in [1.29, 1.82) is 0 Å². The van der Waals surface area contributed by atoms with Gasteiger partial charge in [0.25, 0.3) is 0 Å². The maximum Gasteiger partial charge on any atom is 0.159 e. The van der Waals surface area contributed by atoms with E-state index in [0.29, 0.717) is 11.4 Å². The highest BCUT2D eigenvalue weighted by molar-refractivity contribution is 5.60. The third-order valence-corrected chi connectivity index (χ3v) is 2.21. The van der Waals surface area contributed by atoms with Crippen LogP contribution in [0.4, 0.5) is 4.39 Å². The second-order valence-electron chi connectivity index (χ2n) is 3.44. The van der Waals surface area contributed by atoms with E-state index in [0.717, 1.165) is 5.56 Å². The summed E-state index contributed by atoms with van der Waals surface area (Å²) in [4.78, 5) is 8.23. The van der Waals surface area contributed by atoms with Gasteiger partial charge in [-0.15, -0.1) is 0 Å². The molecule has 1 heterocycles. The zero-order valence-electron chi connectivity index (χ0n) is 9.05. The highest BCUT2D eigenvalue weighted by Gasteiger charge is 1.99. The molecule has 0 atom stereocenters. The van der Waals surface area contributed by atoms with E-state index in [2.05, 4.69) is 9.97 Å². The van der Waals surface area contributed by atoms with Crippen molar-refractivity contribution in [1.82, 2.24) is 9.97 Å². The number of benzene rings is 1. The first-order chi connectivity index (χ1) is 8.29. The van der Waals surface area contributed by atoms with Crippen molar-refractivity contribution in [3.05, 3.63) is 54.1 Å². The van der Waals surface area contributed by atoms with E-state index in [1.165, 1.54) is 6.08 Å². The van der Waals surface area contributed by atoms with Gasteiger partial charge in [-0.25, -0.2) is 14.4 Å². The van der Waals surface area contributed by atoms with Gasteiger partial charge in [-0.1, -0.05) is 24.3 Å². The lowest BCUT2D eigenvalue weighted by atomic mass is 10.1. The van der Waals surface area contributed by atoms with Crippen LogP contribution in [0.5, 0.6) is 0 Å². The molecule has 0 radical (unpaired) electrons. The molecule has 2 aromatic rings. The number of hydrogen-bond donors (Lipinski definition) is 1. The van der Waals surface area contributed by atoms with Gasteiger partial charge >= 0.3 is 0 Å². The van der Waals surface area contributed by atoms with Gasteiger partial charge < -0.3 is 5.11 Å². The van der Waals surface area contributed by atoms with Gasteiger partial charge in [0.1, 0.15) is 5.83 Å². The molecule has 0 amide bonds. The summed E-state index contributed by atoms with van der Waals surface area (Å²) in [7, 11) is 0. The SMILES string of the molecule is OC/C(F)=C\c1ccc(-c2ncccn2)cc1. The Labute approximate surface area is 98.3 Å². The molecule has 0 saturated carbocycles. The maximum atomic E-state index is 12.8. The van der Waals surface area contributed by atoms with Crippen LogP contribution >= 0.6 is 0 Å². The highest BCUT2D eigenvalue weighted by Crippen LogP contribution is 2.16. The van der Waals surface area contributed by atoms with Crippen LogP contribution in [0.3, 0.4) is 0 Å². The average molecular weight is 230 g/mol. The number of aromatic nitrogens is 2. The van der Waals surface area contributed by atoms with Crippen LogP contribution in [0.15, 0.2) is 48.6 Å². The minimum atomic E-state index is -0.580. The third kappa shape index (κ3) is 2.95. The summed E-state index contributed by atoms with van der Waals surface area (Å²) in [6.07, 6.45) is 4.62. The van der Waals surface area contributed by atoms with Gasteiger partial charge in [0.05, 0.1) is 6.61 Å². The van der Waals surface area contributed by atoms with Crippen LogP contribution in [0, 0.1) is 0 Å². The maximum absolute atomic E-state index is 12.8. The molecule has 1 aromatic heterocycles. The summed E-state index contributed by atoms with van der Waals surface area (Å²) in [6, 6.07) is 8.87. The third-order valence-electron chi connectivity index (χ3n) is 2.21. The molecule has 86 valence electrons. The minimum Gasteiger partial charge on any atom is -0.389 e. The fourth-order valence-corrected chi connectivity index (χ4v) is 1.40. The predicted molar refractivity (Wildman–Crippen MR) is 63.6 cm³/mol. The Bertz CT molecular complexity index is 509. The Morgan fingerprint density at radius 1 is 1.18 bits per heavy atom. The Hall–Kier alpha value is -2.07. The topological polar surface area (TPSA) is 46.0 Å². The van der Waals surface area contributed by atoms with Gasteiger partial charge in [0.15, 0.2) is 5.82 Å². The Morgan fingerprint density at radius 2 is 1.82 bits per heavy atom. The van der Waals surface area contributed by atoms with E-state index in [1.807, 2.05) is 12.1 Å². The summed E-state index contributed by atoms with van der Waals surface area (Å²) < 4.78 is 12.8. The van der Waals surface area contributed by atoms with Crippen molar-refractivity contribution >= 4 is 6.08 Å². The first-order valence-electron chi connectivity index (χ1n) is 5.14. The summed E-state index contributed by atoms with van der Waals surface area (Å²) in [5.74, 6) is 0.0689. The van der Waals surface area contributed by atoms with Crippen LogP contribution < -0.4 is 0 Å². The summed E-state index contributed by atoms with van der Waals surface area (Å²) in [5.41, 5.74) is 1.56. The number of rotatable bonds is 3. The first-order valence-corrected chi connectivity index (χ1v) is 5.14. The lowest BCUT2D eigenvalue weighted by Gasteiger charge is -2.00. The Morgan fingerprint density at radius 3 is 2.41 bits per heavy atom. The molecule has 1 aromatic carbocycles. The first kappa shape index (κ1) is 11.4. The number of nitrogens with zero attached hydrogens (tertiary/aromatic N) is 2. The van der Waals surface area contributed by atoms with Gasteiger partial charge in [0, 0.05) is 18.0 Å². The van der Waals surface area contributed by atoms with Crippen molar-refractivity contribution < 1.29 is 9.50 Å². The minimum absolute atomic E-state index is 0.561. The van der Waals surface area contributed by atoms with Gasteiger partial charge in [0.2, 0.25) is 0 Å². The van der Waals surface area contributed by atoms with E-state index in [9.17, 15) is 4.39 Å². The van der Waals surface area contributed by atoms with Gasteiger partial charge in [-0.2, -0.15) is 0 Å². The van der Waals surface area contributed by atoms with Crippen molar-refractivity contribution in [2.45, 2.75) is 0 Å². The van der Waals surface area contributed by atoms with E-state index in [-0.39, 0.29) is 0 Å². The van der Waals surface area contributed by atoms with Crippen molar-refractivity contribution in [3.63, 3.8) is 0 Å². The molecular weight excluding hydrogens is 219 g/mol. The van der Waals surface area contributed by atoms with Gasteiger partial charge in [-0.3, -0.25) is 0 Å². The fourth-order valence-electron chi connectivity index (χ4n) is 1.40. The van der Waals surface area contributed by atoms with Crippen LogP contribution in [0.2, 0.25) is 0 Å². The number of halogens is 1. The monoisotopic (exact) mass is 230 g/mol. The summed E-state index contributed by atoms with van der Waals surface area (Å²) in [6.45, 7) is -0.580. The molecule has 4 heteroatoms. The number of aliphatic hydroxyl groups excluding tert-OH is 1. The molecule has 2 rings (SSSR count). The molecule has 17 heavy (non-hydrogen) atoms. The van der Waals surface area contributed by atoms with E-state index >= 15 is 0 Å². The molecule has 3 nitrogen and oxygen atoms in total. The van der Waals surface area contributed by atoms with Gasteiger partial charge in [-0.05, 0) is 17.7 Å². The molecule has 1 N–H and O–H groups in total. The van der Waals surface area contributed by atoms with Crippen LogP contribution in [-0.4, -0.2) is 21.7 Å². The number of hydrogen-bond acceptors (Lipinski definition) is 3. The standard InChI is InChI=1S/C13H11FN2O/c14-12(9-17)8-10-2-4-11(5-3-10)13-15-6-1-7-16-13/h1-8,17H,9H2/b12-8+. The van der Waals surface area contributed by atoms with Crippen molar-refractivity contribution in [3.8, 4) is 11.4 Å². The van der Waals surface area contributed by atoms with Crippen LogP contribution in [0.1, 0.15) is 5.56 Å². The molecule has 0 aliphatic heterocycles. The molecule has 0 aliphatic rings. The van der Waals surface area contributed by atoms with E-state index in [4.69, 9.17) is 5.11 Å². The smallest absolute Gasteiger partial charge is 0.159 e. The van der Waals surface area contributed by atoms with E-state index < -0.39 is 12.4 Å². The lowest BCUT2D eigenvalue weighted by molar-refractivity contribution is 0.300. The predicted octanol–water partition coefficient (Wildman–Crippen LogP) is 2.45. The molecule has 0 bridgehead atoms. The molecule has 0 aliphatic carbocycles. The molecule has 0 fully saturated rings. The van der Waals surface area contributed by atoms with Crippen molar-refractivity contribution in [2.24, 2.45) is 0 Å². The lowest BCUT2D eigenvalue weighted by Crippen LogP contribution is -1.87. The molecular formula is C13H11FN2O. The Balaban J connectivity index is 2.25. The van der Waals surface area contributed by atoms with Crippen LogP contribution in [0.25, 0.3) is 17.5 Å². The second kappa shape index (κ2) is 5.32. The largest absolute Gasteiger partial charge is 0.389 e. The summed E-state index contributed by atoms with van der Waals surface area (Å²) >= 11 is 0. The fraction of sp³-hybridized carbons (Fsp3) is 0.0769. The highest BCUT2D eigenvalue weighted by atomic mass is 19.1. The molecule has 0 unspecified atom stereocenters. The second-order valence-corrected chi connectivity index (χ2v) is 3.44. The Kier molecular flexibility index (Phi) is 3.57. The molecule has 0 saturated heterocycles. The summed E-state index contributed by atoms with van der Waals surface area (Å²) in [5, 5.41) is 8.57. The number of aliphatic hydroxyl groups is 1. The van der Waals surface area contributed by atoms with Crippen molar-refractivity contribution in [2.75, 3.05) is 6.61 Å².